The SMILES string of the molecule is O=C(O)c1ccc2nnn(C3CCN4CCCCC34)c2c1. The van der Waals surface area contributed by atoms with Crippen molar-refractivity contribution in [1.82, 2.24) is 19.9 Å². The second-order valence-electron chi connectivity index (χ2n) is 6.00. The second kappa shape index (κ2) is 4.80. The molecule has 1 N–H and O–H groups in total. The Bertz CT molecular complexity index is 696. The van der Waals surface area contributed by atoms with Crippen molar-refractivity contribution in [2.45, 2.75) is 37.8 Å². The Hall–Kier alpha value is -1.95. The number of rotatable bonds is 2. The smallest absolute Gasteiger partial charge is 0.335 e. The molecule has 0 aliphatic carbocycles. The van der Waals surface area contributed by atoms with Crippen LogP contribution < -0.4 is 0 Å². The van der Waals surface area contributed by atoms with E-state index < -0.39 is 5.97 Å². The van der Waals surface area contributed by atoms with Crippen molar-refractivity contribution in [3.05, 3.63) is 23.8 Å². The van der Waals surface area contributed by atoms with Gasteiger partial charge in [-0.3, -0.25) is 4.90 Å². The quantitative estimate of drug-likeness (QED) is 0.913. The molecule has 0 amide bonds. The first-order valence-electron chi connectivity index (χ1n) is 7.56. The highest BCUT2D eigenvalue weighted by molar-refractivity contribution is 5.92. The van der Waals surface area contributed by atoms with Gasteiger partial charge in [0.15, 0.2) is 0 Å². The molecule has 0 saturated carbocycles. The van der Waals surface area contributed by atoms with Crippen LogP contribution in [0.1, 0.15) is 42.1 Å². The van der Waals surface area contributed by atoms with Crippen molar-refractivity contribution in [2.24, 2.45) is 0 Å². The first-order valence-corrected chi connectivity index (χ1v) is 7.56. The Labute approximate surface area is 122 Å². The van der Waals surface area contributed by atoms with Gasteiger partial charge >= 0.3 is 5.97 Å². The van der Waals surface area contributed by atoms with E-state index in [9.17, 15) is 4.79 Å². The van der Waals surface area contributed by atoms with E-state index in [2.05, 4.69) is 15.2 Å². The van der Waals surface area contributed by atoms with Crippen LogP contribution in [0.4, 0.5) is 0 Å². The molecule has 2 fully saturated rings. The van der Waals surface area contributed by atoms with Crippen LogP contribution in [0, 0.1) is 0 Å². The Kier molecular flexibility index (Phi) is 2.92. The maximum Gasteiger partial charge on any atom is 0.335 e. The number of aromatic carboxylic acids is 1. The zero-order chi connectivity index (χ0) is 14.4. The van der Waals surface area contributed by atoms with Crippen LogP contribution in [0.3, 0.4) is 0 Å². The van der Waals surface area contributed by atoms with E-state index in [0.29, 0.717) is 17.6 Å². The van der Waals surface area contributed by atoms with E-state index in [1.165, 1.54) is 25.8 Å². The van der Waals surface area contributed by atoms with Gasteiger partial charge in [0.05, 0.1) is 17.1 Å². The lowest BCUT2D eigenvalue weighted by Crippen LogP contribution is -2.38. The predicted octanol–water partition coefficient (Wildman–Crippen LogP) is 1.93. The normalized spacial score (nSPS) is 26.1. The van der Waals surface area contributed by atoms with Crippen LogP contribution in [-0.4, -0.2) is 50.1 Å². The third kappa shape index (κ3) is 2.01. The van der Waals surface area contributed by atoms with Gasteiger partial charge in [-0.2, -0.15) is 0 Å². The van der Waals surface area contributed by atoms with Crippen LogP contribution in [0.25, 0.3) is 11.0 Å². The molecule has 2 aliphatic heterocycles. The van der Waals surface area contributed by atoms with Gasteiger partial charge in [0, 0.05) is 12.6 Å². The van der Waals surface area contributed by atoms with Crippen LogP contribution >= 0.6 is 0 Å². The molecule has 2 saturated heterocycles. The lowest BCUT2D eigenvalue weighted by molar-refractivity contribution is 0.0697. The molecule has 3 heterocycles. The highest BCUT2D eigenvalue weighted by Gasteiger charge is 2.37. The van der Waals surface area contributed by atoms with E-state index in [1.807, 2.05) is 4.68 Å². The zero-order valence-corrected chi connectivity index (χ0v) is 11.8. The number of fused-ring (bicyclic) bond motifs is 2. The summed E-state index contributed by atoms with van der Waals surface area (Å²) in [7, 11) is 0. The Morgan fingerprint density at radius 2 is 2.10 bits per heavy atom. The molecule has 2 unspecified atom stereocenters. The average Bonchev–Trinajstić information content (AvgIpc) is 3.09. The van der Waals surface area contributed by atoms with E-state index >= 15 is 0 Å². The van der Waals surface area contributed by atoms with Crippen molar-refractivity contribution in [1.29, 1.82) is 0 Å². The molecule has 2 aliphatic rings. The number of aromatic nitrogens is 3. The van der Waals surface area contributed by atoms with Crippen molar-refractivity contribution in [2.75, 3.05) is 13.1 Å². The molecule has 1 aromatic carbocycles. The molecular weight excluding hydrogens is 268 g/mol. The molecule has 0 spiro atoms. The zero-order valence-electron chi connectivity index (χ0n) is 11.8. The number of hydrogen-bond donors (Lipinski definition) is 1. The summed E-state index contributed by atoms with van der Waals surface area (Å²) in [5.74, 6) is -0.907. The highest BCUT2D eigenvalue weighted by Crippen LogP contribution is 2.36. The molecule has 2 atom stereocenters. The standard InChI is InChI=1S/C15H18N4O2/c20-15(21)10-4-5-11-14(9-10)19(17-16-11)13-6-8-18-7-2-1-3-12(13)18/h4-5,9,12-13H,1-3,6-8H2,(H,20,21). The maximum atomic E-state index is 11.2. The largest absolute Gasteiger partial charge is 0.478 e. The molecule has 1 aromatic heterocycles. The molecular formula is C15H18N4O2. The lowest BCUT2D eigenvalue weighted by Gasteiger charge is -2.32. The van der Waals surface area contributed by atoms with Gasteiger partial charge in [0.2, 0.25) is 0 Å². The third-order valence-corrected chi connectivity index (χ3v) is 4.85. The molecule has 0 bridgehead atoms. The fourth-order valence-electron chi connectivity index (χ4n) is 3.82. The molecule has 6 nitrogen and oxygen atoms in total. The molecule has 21 heavy (non-hydrogen) atoms. The van der Waals surface area contributed by atoms with Gasteiger partial charge in [0.25, 0.3) is 0 Å². The maximum absolute atomic E-state index is 11.2. The van der Waals surface area contributed by atoms with Crippen molar-refractivity contribution < 1.29 is 9.90 Å². The van der Waals surface area contributed by atoms with Gasteiger partial charge in [-0.05, 0) is 44.0 Å². The Morgan fingerprint density at radius 1 is 1.19 bits per heavy atom. The summed E-state index contributed by atoms with van der Waals surface area (Å²) in [4.78, 5) is 13.7. The first-order chi connectivity index (χ1) is 10.2. The van der Waals surface area contributed by atoms with Crippen LogP contribution in [0.15, 0.2) is 18.2 Å². The Morgan fingerprint density at radius 3 is 2.95 bits per heavy atom. The molecule has 4 rings (SSSR count). The van der Waals surface area contributed by atoms with Crippen molar-refractivity contribution in [3.63, 3.8) is 0 Å². The summed E-state index contributed by atoms with van der Waals surface area (Å²) in [5.41, 5.74) is 1.91. The summed E-state index contributed by atoms with van der Waals surface area (Å²) in [6, 6.07) is 5.88. The third-order valence-electron chi connectivity index (χ3n) is 4.85. The average molecular weight is 286 g/mol. The van der Waals surface area contributed by atoms with E-state index in [1.54, 1.807) is 18.2 Å². The van der Waals surface area contributed by atoms with Crippen molar-refractivity contribution >= 4 is 17.0 Å². The van der Waals surface area contributed by atoms with E-state index in [0.717, 1.165) is 24.0 Å². The number of carboxylic acids is 1. The summed E-state index contributed by atoms with van der Waals surface area (Å²) < 4.78 is 1.96. The molecule has 110 valence electrons. The number of hydrogen-bond acceptors (Lipinski definition) is 4. The summed E-state index contributed by atoms with van der Waals surface area (Å²) in [6.07, 6.45) is 4.82. The minimum atomic E-state index is -0.907. The van der Waals surface area contributed by atoms with Gasteiger partial charge in [0.1, 0.15) is 5.52 Å². The molecule has 2 aromatic rings. The Balaban J connectivity index is 1.76. The van der Waals surface area contributed by atoms with Crippen LogP contribution in [-0.2, 0) is 0 Å². The fourth-order valence-corrected chi connectivity index (χ4v) is 3.82. The fraction of sp³-hybridized carbons (Fsp3) is 0.533. The number of benzene rings is 1. The van der Waals surface area contributed by atoms with Gasteiger partial charge in [-0.15, -0.1) is 5.10 Å². The molecule has 6 heteroatoms. The number of piperidine rings is 1. The van der Waals surface area contributed by atoms with E-state index in [-0.39, 0.29) is 0 Å². The lowest BCUT2D eigenvalue weighted by atomic mass is 9.99. The van der Waals surface area contributed by atoms with Crippen molar-refractivity contribution in [3.8, 4) is 0 Å². The number of nitrogens with zero attached hydrogens (tertiary/aromatic N) is 4. The van der Waals surface area contributed by atoms with Gasteiger partial charge in [-0.1, -0.05) is 11.6 Å². The monoisotopic (exact) mass is 286 g/mol. The number of carbonyl (C=O) groups is 1. The van der Waals surface area contributed by atoms with E-state index in [4.69, 9.17) is 5.11 Å². The summed E-state index contributed by atoms with van der Waals surface area (Å²) in [6.45, 7) is 2.28. The molecule has 0 radical (unpaired) electrons. The first kappa shape index (κ1) is 12.8. The summed E-state index contributed by atoms with van der Waals surface area (Å²) >= 11 is 0. The highest BCUT2D eigenvalue weighted by atomic mass is 16.4. The summed E-state index contributed by atoms with van der Waals surface area (Å²) in [5, 5.41) is 17.7. The number of carboxylic acid groups (broad SMARTS) is 1. The van der Waals surface area contributed by atoms with Gasteiger partial charge in [-0.25, -0.2) is 9.48 Å². The second-order valence-corrected chi connectivity index (χ2v) is 6.00. The topological polar surface area (TPSA) is 71.2 Å². The van der Waals surface area contributed by atoms with Gasteiger partial charge < -0.3 is 5.11 Å². The predicted molar refractivity (Wildman–Crippen MR) is 77.4 cm³/mol. The minimum absolute atomic E-state index is 0.296. The minimum Gasteiger partial charge on any atom is -0.478 e. The van der Waals surface area contributed by atoms with Crippen LogP contribution in [0.5, 0.6) is 0 Å². The van der Waals surface area contributed by atoms with Crippen LogP contribution in [0.2, 0.25) is 0 Å².